The van der Waals surface area contributed by atoms with E-state index in [0.29, 0.717) is 34.3 Å². The summed E-state index contributed by atoms with van der Waals surface area (Å²) in [5.74, 6) is -1.76. The van der Waals surface area contributed by atoms with Crippen LogP contribution in [0.2, 0.25) is 1.41 Å². The van der Waals surface area contributed by atoms with E-state index in [2.05, 4.69) is 20.6 Å². The second kappa shape index (κ2) is 19.0. The van der Waals surface area contributed by atoms with Crippen LogP contribution in [0.3, 0.4) is 0 Å². The molecular weight excluding hydrogens is 674 g/mol. The van der Waals surface area contributed by atoms with Crippen molar-refractivity contribution < 1.29 is 35.2 Å². The number of carbonyl (C=O) groups excluding carboxylic acids is 4. The molecule has 5 N–H and O–H groups in total. The lowest BCUT2D eigenvalue weighted by atomic mass is 9.96. The number of aromatic amines is 1. The fourth-order valence-electron chi connectivity index (χ4n) is 5.93. The number of para-hydroxylation sites is 1. The number of amides is 3. The summed E-state index contributed by atoms with van der Waals surface area (Å²) in [6, 6.07) is 27.0. The maximum Gasteiger partial charge on any atom is 0.408 e. The van der Waals surface area contributed by atoms with Crippen molar-refractivity contribution in [1.82, 2.24) is 25.9 Å². The zero-order valence-electron chi connectivity index (χ0n) is 30.7. The van der Waals surface area contributed by atoms with Gasteiger partial charge in [0, 0.05) is 24.7 Å². The van der Waals surface area contributed by atoms with Crippen LogP contribution in [0.5, 0.6) is 5.75 Å². The Morgan fingerprint density at radius 1 is 0.830 bits per heavy atom. The van der Waals surface area contributed by atoms with E-state index in [1.54, 1.807) is 54.6 Å². The van der Waals surface area contributed by atoms with Crippen molar-refractivity contribution in [2.45, 2.75) is 70.4 Å². The Hall–Kier alpha value is -6.01. The highest BCUT2D eigenvalue weighted by Crippen LogP contribution is 2.21. The Labute approximate surface area is 309 Å². The number of benzene rings is 4. The van der Waals surface area contributed by atoms with Gasteiger partial charge in [0.15, 0.2) is 1.41 Å². The van der Waals surface area contributed by atoms with Crippen LogP contribution in [-0.2, 0) is 38.6 Å². The van der Waals surface area contributed by atoms with Gasteiger partial charge in [0.25, 0.3) is 0 Å². The number of esters is 1. The van der Waals surface area contributed by atoms with Crippen molar-refractivity contribution in [3.63, 3.8) is 0 Å². The Kier molecular flexibility index (Phi) is 13.2. The molecule has 1 aromatic heterocycles. The molecule has 4 aromatic carbocycles. The molecule has 0 spiro atoms. The monoisotopic (exact) mass is 720 g/mol. The molecule has 0 saturated carbocycles. The van der Waals surface area contributed by atoms with Crippen molar-refractivity contribution in [3.05, 3.63) is 132 Å². The lowest BCUT2D eigenvalue weighted by Gasteiger charge is -2.28. The smallest absolute Gasteiger partial charge is 0.408 e. The summed E-state index contributed by atoms with van der Waals surface area (Å²) in [5.41, 5.74) is 1.94. The van der Waals surface area contributed by atoms with Crippen LogP contribution in [0, 0.1) is 5.92 Å². The van der Waals surface area contributed by atoms with Gasteiger partial charge in [-0.15, -0.1) is 0 Å². The zero-order chi connectivity index (χ0) is 38.5. The zero-order valence-corrected chi connectivity index (χ0v) is 29.7. The fraction of sp³-hybridized carbons (Fsp3) is 0.293. The molecule has 0 aliphatic heterocycles. The standard InChI is InChI=1S/C41H45N5O7/c1-27(2)20-34(37(47)23-38(48)53-32-17-7-4-8-18-32)44-40(50)36(22-31-24-42-26-43-31)45-39(49)35(46-41(51)52-25-28-12-5-3-6-13-28)21-30-16-11-15-29-14-9-10-19-33(29)30/h3-19,24,26-27,34-37,47H,20-23,25H2,1-2H3,(H,42,43)(H,44,50)(H,45,49)(H,46,51)/t34-,35-,36-,37-/m0/s1/i/hD. The minimum Gasteiger partial charge on any atom is -0.445 e. The summed E-state index contributed by atoms with van der Waals surface area (Å²) in [6.07, 6.45) is 0.424. The van der Waals surface area contributed by atoms with E-state index in [4.69, 9.17) is 10.9 Å². The van der Waals surface area contributed by atoms with Crippen molar-refractivity contribution in [2.75, 3.05) is 0 Å². The fourth-order valence-corrected chi connectivity index (χ4v) is 5.93. The number of nitrogens with one attached hydrogen (secondary N) is 4. The molecule has 53 heavy (non-hydrogen) atoms. The third-order valence-electron chi connectivity index (χ3n) is 8.54. The lowest BCUT2D eigenvalue weighted by molar-refractivity contribution is -0.138. The second-order valence-electron chi connectivity index (χ2n) is 13.2. The number of aromatic nitrogens is 2. The molecule has 12 heteroatoms. The molecule has 5 rings (SSSR count). The number of fused-ring (bicyclic) bond motifs is 1. The van der Waals surface area contributed by atoms with E-state index in [1.807, 2.05) is 62.4 Å². The quantitative estimate of drug-likeness (QED) is 0.0659. The molecule has 0 fully saturated rings. The molecule has 5 aromatic rings. The van der Waals surface area contributed by atoms with Crippen LogP contribution < -0.4 is 20.7 Å². The summed E-state index contributed by atoms with van der Waals surface area (Å²) >= 11 is 0. The number of aliphatic hydroxyl groups excluding tert-OH is 1. The maximum absolute atomic E-state index is 14.3. The average Bonchev–Trinajstić information content (AvgIpc) is 3.69. The molecule has 0 saturated heterocycles. The summed E-state index contributed by atoms with van der Waals surface area (Å²) in [4.78, 5) is 61.3. The van der Waals surface area contributed by atoms with Gasteiger partial charge in [-0.2, -0.15) is 0 Å². The van der Waals surface area contributed by atoms with Crippen LogP contribution in [0.25, 0.3) is 10.8 Å². The topological polar surface area (TPSA) is 172 Å². The summed E-state index contributed by atoms with van der Waals surface area (Å²) in [5, 5.41) is 19.0. The number of hydrogen-bond donors (Lipinski definition) is 5. The molecule has 1 heterocycles. The van der Waals surface area contributed by atoms with Gasteiger partial charge in [-0.25, -0.2) is 9.78 Å². The number of aliphatic hydroxyl groups is 1. The molecule has 0 aliphatic rings. The number of alkyl carbamates (subject to hydrolysis) is 1. The SMILES string of the molecule is [2H]N(C(=O)OCc1ccccc1)[C@@H](Cc1cccc2ccccc12)C(=O)N[C@@H](Cc1cnc[nH]1)C(=O)N[C@@H](CC(C)C)[C@@H](O)CC(=O)Oc1ccccc1. The van der Waals surface area contributed by atoms with Crippen LogP contribution in [0.1, 0.15) is 43.5 Å². The maximum atomic E-state index is 14.3. The predicted molar refractivity (Wildman–Crippen MR) is 200 cm³/mol. The van der Waals surface area contributed by atoms with Gasteiger partial charge in [-0.05, 0) is 46.4 Å². The second-order valence-corrected chi connectivity index (χ2v) is 13.2. The Morgan fingerprint density at radius 2 is 1.51 bits per heavy atom. The van der Waals surface area contributed by atoms with E-state index in [-0.39, 0.29) is 25.4 Å². The van der Waals surface area contributed by atoms with E-state index < -0.39 is 54.5 Å². The number of carbonyl (C=O) groups is 4. The molecule has 0 aliphatic carbocycles. The number of ether oxygens (including phenoxy) is 2. The molecule has 3 amide bonds. The third-order valence-corrected chi connectivity index (χ3v) is 8.54. The van der Waals surface area contributed by atoms with Gasteiger partial charge in [0.05, 0.1) is 24.9 Å². The first kappa shape index (κ1) is 36.8. The van der Waals surface area contributed by atoms with Gasteiger partial charge in [-0.1, -0.05) is 105 Å². The van der Waals surface area contributed by atoms with Crippen LogP contribution in [0.15, 0.2) is 116 Å². The van der Waals surface area contributed by atoms with Crippen molar-refractivity contribution in [3.8, 4) is 5.75 Å². The molecule has 12 nitrogen and oxygen atoms in total. The number of rotatable bonds is 17. The normalized spacial score (nSPS) is 13.6. The summed E-state index contributed by atoms with van der Waals surface area (Å²) in [6.45, 7) is 3.71. The first-order valence-electron chi connectivity index (χ1n) is 18.0. The third kappa shape index (κ3) is 11.8. The molecular formula is C41H45N5O7. The van der Waals surface area contributed by atoms with Crippen molar-refractivity contribution >= 4 is 34.6 Å². The van der Waals surface area contributed by atoms with E-state index in [9.17, 15) is 24.3 Å². The van der Waals surface area contributed by atoms with Gasteiger partial charge >= 0.3 is 12.1 Å². The first-order valence-corrected chi connectivity index (χ1v) is 17.5. The van der Waals surface area contributed by atoms with Crippen molar-refractivity contribution in [2.24, 2.45) is 5.92 Å². The van der Waals surface area contributed by atoms with E-state index in [1.165, 1.54) is 12.5 Å². The average molecular weight is 721 g/mol. The van der Waals surface area contributed by atoms with Gasteiger partial charge in [0.1, 0.15) is 24.4 Å². The highest BCUT2D eigenvalue weighted by atomic mass is 16.5. The summed E-state index contributed by atoms with van der Waals surface area (Å²) < 4.78 is 19.6. The molecule has 0 bridgehead atoms. The highest BCUT2D eigenvalue weighted by Gasteiger charge is 2.32. The van der Waals surface area contributed by atoms with E-state index >= 15 is 0 Å². The van der Waals surface area contributed by atoms with Crippen LogP contribution >= 0.6 is 0 Å². The number of nitrogens with zero attached hydrogens (tertiary/aromatic N) is 1. The van der Waals surface area contributed by atoms with Gasteiger partial charge < -0.3 is 35.5 Å². The minimum absolute atomic E-state index is 0.0135. The number of H-pyrrole nitrogens is 1. The van der Waals surface area contributed by atoms with Gasteiger partial charge in [-0.3, -0.25) is 14.4 Å². The lowest BCUT2D eigenvalue weighted by Crippen LogP contribution is -2.57. The molecule has 276 valence electrons. The van der Waals surface area contributed by atoms with Crippen molar-refractivity contribution in [1.29, 1.82) is 0 Å². The number of imidazole rings is 1. The Morgan fingerprint density at radius 3 is 2.23 bits per heavy atom. The number of hydrogen-bond acceptors (Lipinski definition) is 8. The highest BCUT2D eigenvalue weighted by molar-refractivity contribution is 5.93. The largest absolute Gasteiger partial charge is 0.445 e. The van der Waals surface area contributed by atoms with Crippen LogP contribution in [0.4, 0.5) is 4.79 Å². The molecule has 0 unspecified atom stereocenters. The summed E-state index contributed by atoms with van der Waals surface area (Å²) in [7, 11) is 0. The van der Waals surface area contributed by atoms with Crippen LogP contribution in [-0.4, -0.2) is 63.2 Å². The predicted octanol–water partition coefficient (Wildman–Crippen LogP) is 5.02. The van der Waals surface area contributed by atoms with Gasteiger partial charge in [0.2, 0.25) is 11.8 Å². The minimum atomic E-state index is -1.42. The molecule has 0 radical (unpaired) electrons. The Balaban J connectivity index is 1.37. The first-order chi connectivity index (χ1) is 26.1. The Bertz CT molecular complexity index is 1970. The van der Waals surface area contributed by atoms with E-state index in [0.717, 1.165) is 10.8 Å². The molecule has 4 atom stereocenters.